The van der Waals surface area contributed by atoms with Gasteiger partial charge in [0.1, 0.15) is 12.4 Å². The summed E-state index contributed by atoms with van der Waals surface area (Å²) < 4.78 is 5.46. The molecule has 0 fully saturated rings. The van der Waals surface area contributed by atoms with Gasteiger partial charge in [-0.2, -0.15) is 0 Å². The van der Waals surface area contributed by atoms with Crippen molar-refractivity contribution in [1.29, 1.82) is 0 Å². The maximum Gasteiger partial charge on any atom is 0.236 e. The SMILES string of the molecule is Cc1ccc(Cl)c(OCCNC(=O)C(C)N)c1. The fourth-order valence-corrected chi connectivity index (χ4v) is 1.39. The van der Waals surface area contributed by atoms with Gasteiger partial charge in [-0.05, 0) is 31.5 Å². The number of ether oxygens (including phenoxy) is 1. The second kappa shape index (κ2) is 6.47. The Labute approximate surface area is 106 Å². The smallest absolute Gasteiger partial charge is 0.236 e. The summed E-state index contributed by atoms with van der Waals surface area (Å²) in [6.45, 7) is 4.36. The minimum Gasteiger partial charge on any atom is -0.490 e. The Bertz CT molecular complexity index is 394. The number of aryl methyl sites for hydroxylation is 1. The Morgan fingerprint density at radius 3 is 2.94 bits per heavy atom. The van der Waals surface area contributed by atoms with Crippen molar-refractivity contribution in [2.45, 2.75) is 19.9 Å². The first kappa shape index (κ1) is 13.8. The van der Waals surface area contributed by atoms with E-state index >= 15 is 0 Å². The van der Waals surface area contributed by atoms with Crippen molar-refractivity contribution in [3.05, 3.63) is 28.8 Å². The lowest BCUT2D eigenvalue weighted by Crippen LogP contribution is -2.40. The topological polar surface area (TPSA) is 64.3 Å². The van der Waals surface area contributed by atoms with Crippen LogP contribution in [0.2, 0.25) is 5.02 Å². The third-order valence-electron chi connectivity index (χ3n) is 2.16. The summed E-state index contributed by atoms with van der Waals surface area (Å²) in [5.41, 5.74) is 6.47. The Morgan fingerprint density at radius 2 is 2.29 bits per heavy atom. The van der Waals surface area contributed by atoms with Crippen molar-refractivity contribution in [3.8, 4) is 5.75 Å². The van der Waals surface area contributed by atoms with E-state index in [4.69, 9.17) is 22.1 Å². The number of nitrogens with two attached hydrogens (primary N) is 1. The summed E-state index contributed by atoms with van der Waals surface area (Å²) in [6, 6.07) is 5.05. The Morgan fingerprint density at radius 1 is 1.59 bits per heavy atom. The van der Waals surface area contributed by atoms with Gasteiger partial charge in [0.15, 0.2) is 0 Å². The fraction of sp³-hybridized carbons (Fsp3) is 0.417. The van der Waals surface area contributed by atoms with Crippen LogP contribution in [0.4, 0.5) is 0 Å². The molecule has 1 rings (SSSR count). The highest BCUT2D eigenvalue weighted by atomic mass is 35.5. The first-order valence-corrected chi connectivity index (χ1v) is 5.80. The highest BCUT2D eigenvalue weighted by molar-refractivity contribution is 6.32. The normalized spacial score (nSPS) is 12.0. The van der Waals surface area contributed by atoms with Crippen LogP contribution in [0.1, 0.15) is 12.5 Å². The van der Waals surface area contributed by atoms with E-state index in [2.05, 4.69) is 5.32 Å². The summed E-state index contributed by atoms with van der Waals surface area (Å²) in [4.78, 5) is 11.2. The second-order valence-corrected chi connectivity index (χ2v) is 4.27. The van der Waals surface area contributed by atoms with E-state index in [-0.39, 0.29) is 5.91 Å². The highest BCUT2D eigenvalue weighted by Gasteiger charge is 2.06. The summed E-state index contributed by atoms with van der Waals surface area (Å²) >= 11 is 5.96. The Hall–Kier alpha value is -1.26. The van der Waals surface area contributed by atoms with Gasteiger partial charge in [0, 0.05) is 0 Å². The van der Waals surface area contributed by atoms with E-state index < -0.39 is 6.04 Å². The van der Waals surface area contributed by atoms with E-state index in [1.807, 2.05) is 19.1 Å². The molecule has 0 aliphatic rings. The zero-order valence-electron chi connectivity index (χ0n) is 10.00. The van der Waals surface area contributed by atoms with Crippen LogP contribution in [0, 0.1) is 6.92 Å². The van der Waals surface area contributed by atoms with Crippen LogP contribution in [-0.4, -0.2) is 25.1 Å². The lowest BCUT2D eigenvalue weighted by molar-refractivity contribution is -0.122. The van der Waals surface area contributed by atoms with Crippen molar-refractivity contribution >= 4 is 17.5 Å². The predicted octanol–water partition coefficient (Wildman–Crippen LogP) is 1.49. The number of benzene rings is 1. The van der Waals surface area contributed by atoms with Crippen LogP contribution in [0.5, 0.6) is 5.75 Å². The fourth-order valence-electron chi connectivity index (χ4n) is 1.22. The molecule has 1 aromatic rings. The molecule has 1 aromatic carbocycles. The monoisotopic (exact) mass is 256 g/mol. The van der Waals surface area contributed by atoms with E-state index in [0.29, 0.717) is 23.9 Å². The summed E-state index contributed by atoms with van der Waals surface area (Å²) in [7, 11) is 0. The molecule has 0 aliphatic heterocycles. The van der Waals surface area contributed by atoms with Crippen LogP contribution in [0.15, 0.2) is 18.2 Å². The number of hydrogen-bond acceptors (Lipinski definition) is 3. The zero-order valence-corrected chi connectivity index (χ0v) is 10.8. The van der Waals surface area contributed by atoms with Crippen molar-refractivity contribution in [1.82, 2.24) is 5.32 Å². The highest BCUT2D eigenvalue weighted by Crippen LogP contribution is 2.24. The standard InChI is InChI=1S/C12H17ClN2O2/c1-8-3-4-10(13)11(7-8)17-6-5-15-12(16)9(2)14/h3-4,7,9H,5-6,14H2,1-2H3,(H,15,16). The van der Waals surface area contributed by atoms with Gasteiger partial charge in [-0.25, -0.2) is 0 Å². The maximum atomic E-state index is 11.2. The van der Waals surface area contributed by atoms with E-state index in [1.54, 1.807) is 13.0 Å². The molecule has 0 spiro atoms. The van der Waals surface area contributed by atoms with Crippen LogP contribution in [0.3, 0.4) is 0 Å². The first-order valence-electron chi connectivity index (χ1n) is 5.43. The molecule has 1 amide bonds. The molecule has 17 heavy (non-hydrogen) atoms. The molecule has 0 bridgehead atoms. The third-order valence-corrected chi connectivity index (χ3v) is 2.47. The predicted molar refractivity (Wildman–Crippen MR) is 68.3 cm³/mol. The molecule has 0 heterocycles. The molecule has 0 saturated heterocycles. The molecular weight excluding hydrogens is 240 g/mol. The zero-order chi connectivity index (χ0) is 12.8. The van der Waals surface area contributed by atoms with Crippen LogP contribution < -0.4 is 15.8 Å². The van der Waals surface area contributed by atoms with Crippen molar-refractivity contribution in [3.63, 3.8) is 0 Å². The van der Waals surface area contributed by atoms with Crippen LogP contribution in [0.25, 0.3) is 0 Å². The molecule has 0 aliphatic carbocycles. The molecule has 1 atom stereocenters. The molecular formula is C12H17ClN2O2. The van der Waals surface area contributed by atoms with Gasteiger partial charge in [-0.3, -0.25) is 4.79 Å². The minimum atomic E-state index is -0.502. The molecule has 0 radical (unpaired) electrons. The van der Waals surface area contributed by atoms with Gasteiger partial charge in [-0.1, -0.05) is 17.7 Å². The number of rotatable bonds is 5. The molecule has 4 nitrogen and oxygen atoms in total. The lowest BCUT2D eigenvalue weighted by atomic mass is 10.2. The van der Waals surface area contributed by atoms with Gasteiger partial charge in [0.25, 0.3) is 0 Å². The summed E-state index contributed by atoms with van der Waals surface area (Å²) in [6.07, 6.45) is 0. The number of carbonyl (C=O) groups is 1. The number of halogens is 1. The average Bonchev–Trinajstić information content (AvgIpc) is 2.28. The van der Waals surface area contributed by atoms with Gasteiger partial charge in [-0.15, -0.1) is 0 Å². The molecule has 0 saturated carbocycles. The van der Waals surface area contributed by atoms with Crippen molar-refractivity contribution in [2.75, 3.05) is 13.2 Å². The molecule has 94 valence electrons. The maximum absolute atomic E-state index is 11.2. The van der Waals surface area contributed by atoms with E-state index in [0.717, 1.165) is 5.56 Å². The molecule has 0 aromatic heterocycles. The van der Waals surface area contributed by atoms with E-state index in [9.17, 15) is 4.79 Å². The van der Waals surface area contributed by atoms with Gasteiger partial charge < -0.3 is 15.8 Å². The van der Waals surface area contributed by atoms with E-state index in [1.165, 1.54) is 0 Å². The second-order valence-electron chi connectivity index (χ2n) is 3.86. The van der Waals surface area contributed by atoms with Crippen molar-refractivity contribution < 1.29 is 9.53 Å². The summed E-state index contributed by atoms with van der Waals surface area (Å²) in [5, 5.41) is 3.22. The quantitative estimate of drug-likeness (QED) is 0.785. The van der Waals surface area contributed by atoms with Crippen LogP contribution >= 0.6 is 11.6 Å². The molecule has 5 heteroatoms. The Balaban J connectivity index is 2.36. The lowest BCUT2D eigenvalue weighted by Gasteiger charge is -2.10. The average molecular weight is 257 g/mol. The summed E-state index contributed by atoms with van der Waals surface area (Å²) in [5.74, 6) is 0.436. The molecule has 1 unspecified atom stereocenters. The largest absolute Gasteiger partial charge is 0.490 e. The van der Waals surface area contributed by atoms with Gasteiger partial charge >= 0.3 is 0 Å². The van der Waals surface area contributed by atoms with Crippen LogP contribution in [-0.2, 0) is 4.79 Å². The number of carbonyl (C=O) groups excluding carboxylic acids is 1. The Kier molecular flexibility index (Phi) is 5.25. The van der Waals surface area contributed by atoms with Crippen molar-refractivity contribution in [2.24, 2.45) is 5.73 Å². The number of nitrogens with one attached hydrogen (secondary N) is 1. The van der Waals surface area contributed by atoms with Gasteiger partial charge in [0.05, 0.1) is 17.6 Å². The third kappa shape index (κ3) is 4.63. The number of hydrogen-bond donors (Lipinski definition) is 2. The molecule has 3 N–H and O–H groups in total. The first-order chi connectivity index (χ1) is 8.00. The van der Waals surface area contributed by atoms with Gasteiger partial charge in [0.2, 0.25) is 5.91 Å². The minimum absolute atomic E-state index is 0.191. The number of amides is 1.